The number of aromatic amines is 1. The summed E-state index contributed by atoms with van der Waals surface area (Å²) < 4.78 is 9.99. The number of nitrogens with one attached hydrogen (secondary N) is 2. The predicted molar refractivity (Wildman–Crippen MR) is 74.5 cm³/mol. The first kappa shape index (κ1) is 14.8. The largest absolute Gasteiger partial charge is 0.455 e. The highest BCUT2D eigenvalue weighted by molar-refractivity contribution is 5.77. The second-order valence-electron chi connectivity index (χ2n) is 4.24. The van der Waals surface area contributed by atoms with E-state index < -0.39 is 11.2 Å². The Hall–Kier alpha value is -2.64. The molecule has 0 aliphatic heterocycles. The maximum absolute atomic E-state index is 12.0. The van der Waals surface area contributed by atoms with Crippen molar-refractivity contribution in [1.29, 1.82) is 0 Å². The quantitative estimate of drug-likeness (QED) is 0.799. The van der Waals surface area contributed by atoms with Gasteiger partial charge in [-0.05, 0) is 18.9 Å². The number of carbonyl (C=O) groups excluding carboxylic acids is 1. The van der Waals surface area contributed by atoms with Crippen molar-refractivity contribution in [2.24, 2.45) is 0 Å². The normalized spacial score (nSPS) is 10.6. The summed E-state index contributed by atoms with van der Waals surface area (Å²) >= 11 is 0. The van der Waals surface area contributed by atoms with E-state index >= 15 is 0 Å². The first-order valence-corrected chi connectivity index (χ1v) is 6.51. The number of hydrogen-bond donors (Lipinski definition) is 2. The molecule has 2 aromatic rings. The van der Waals surface area contributed by atoms with Crippen molar-refractivity contribution in [1.82, 2.24) is 15.3 Å². The van der Waals surface area contributed by atoms with Gasteiger partial charge in [0.15, 0.2) is 6.61 Å². The minimum Gasteiger partial charge on any atom is -0.455 e. The zero-order valence-electron chi connectivity index (χ0n) is 11.7. The molecule has 2 aromatic heterocycles. The number of carbonyl (C=O) groups is 1. The van der Waals surface area contributed by atoms with Crippen LogP contribution in [0.3, 0.4) is 0 Å². The average molecular weight is 293 g/mol. The predicted octanol–water partition coefficient (Wildman–Crippen LogP) is -0.0464. The van der Waals surface area contributed by atoms with Crippen LogP contribution in [0.25, 0.3) is 11.1 Å². The van der Waals surface area contributed by atoms with E-state index in [4.69, 9.17) is 9.15 Å². The molecule has 8 heteroatoms. The smallest absolute Gasteiger partial charge is 0.337 e. The number of hydrogen-bond acceptors (Lipinski definition) is 6. The molecule has 0 radical (unpaired) electrons. The molecule has 0 atom stereocenters. The zero-order valence-corrected chi connectivity index (χ0v) is 11.7. The van der Waals surface area contributed by atoms with Crippen molar-refractivity contribution in [2.75, 3.05) is 13.2 Å². The van der Waals surface area contributed by atoms with Crippen LogP contribution in [0.1, 0.15) is 19.4 Å². The fraction of sp³-hybridized carbons (Fsp3) is 0.385. The van der Waals surface area contributed by atoms with E-state index in [1.54, 1.807) is 6.92 Å². The van der Waals surface area contributed by atoms with Crippen molar-refractivity contribution >= 4 is 17.0 Å². The van der Waals surface area contributed by atoms with Gasteiger partial charge in [0.1, 0.15) is 5.39 Å². The molecule has 0 spiro atoms. The number of rotatable bonds is 5. The number of ether oxygens (including phenoxy) is 1. The average Bonchev–Trinajstić information content (AvgIpc) is 2.44. The third-order valence-electron chi connectivity index (χ3n) is 2.77. The monoisotopic (exact) mass is 293 g/mol. The number of H-pyrrole nitrogens is 1. The minimum absolute atomic E-state index is 0.103. The Balaban J connectivity index is 2.39. The summed E-state index contributed by atoms with van der Waals surface area (Å²) in [7, 11) is 0. The Bertz CT molecular complexity index is 777. The van der Waals surface area contributed by atoms with Crippen molar-refractivity contribution in [2.45, 2.75) is 20.3 Å². The molecule has 0 aliphatic carbocycles. The number of amides is 1. The second kappa shape index (κ2) is 6.21. The van der Waals surface area contributed by atoms with Gasteiger partial charge in [0.05, 0.1) is 0 Å². The van der Waals surface area contributed by atoms with Crippen LogP contribution in [-0.4, -0.2) is 29.0 Å². The van der Waals surface area contributed by atoms with Gasteiger partial charge in [-0.15, -0.1) is 0 Å². The lowest BCUT2D eigenvalue weighted by Gasteiger charge is -2.06. The van der Waals surface area contributed by atoms with Gasteiger partial charge >= 0.3 is 5.63 Å². The number of aryl methyl sites for hydroxylation is 1. The number of fused-ring (bicyclic) bond motifs is 1. The van der Waals surface area contributed by atoms with Gasteiger partial charge in [-0.2, -0.15) is 4.98 Å². The molecule has 2 heterocycles. The molecule has 0 aromatic carbocycles. The van der Waals surface area contributed by atoms with Gasteiger partial charge in [-0.25, -0.2) is 4.79 Å². The van der Waals surface area contributed by atoms with Crippen LogP contribution in [0.5, 0.6) is 6.01 Å². The lowest BCUT2D eigenvalue weighted by atomic mass is 10.1. The van der Waals surface area contributed by atoms with Crippen LogP contribution in [-0.2, 0) is 11.2 Å². The first-order valence-electron chi connectivity index (χ1n) is 6.51. The molecular formula is C13H15N3O5. The first-order chi connectivity index (χ1) is 10.0. The standard InChI is InChI=1S/C13H15N3O5/c1-3-7-5-9(18)21-12-10(7)11(19)15-13(16-12)20-6-8(17)14-4-2/h5H,3-4,6H2,1-2H3,(H,14,17)(H,15,16,19). The Morgan fingerprint density at radius 1 is 1.43 bits per heavy atom. The van der Waals surface area contributed by atoms with Crippen molar-refractivity contribution in [3.63, 3.8) is 0 Å². The van der Waals surface area contributed by atoms with Crippen LogP contribution >= 0.6 is 0 Å². The van der Waals surface area contributed by atoms with Crippen LogP contribution in [0.15, 0.2) is 20.1 Å². The highest BCUT2D eigenvalue weighted by Gasteiger charge is 2.12. The molecule has 0 bridgehead atoms. The minimum atomic E-state index is -0.591. The Kier molecular flexibility index (Phi) is 4.36. The highest BCUT2D eigenvalue weighted by atomic mass is 16.5. The van der Waals surface area contributed by atoms with E-state index in [9.17, 15) is 14.4 Å². The van der Waals surface area contributed by atoms with E-state index in [-0.39, 0.29) is 29.6 Å². The van der Waals surface area contributed by atoms with E-state index in [0.29, 0.717) is 18.5 Å². The van der Waals surface area contributed by atoms with Crippen LogP contribution < -0.4 is 21.2 Å². The Morgan fingerprint density at radius 3 is 2.86 bits per heavy atom. The van der Waals surface area contributed by atoms with E-state index in [1.165, 1.54) is 6.07 Å². The number of nitrogens with zero attached hydrogens (tertiary/aromatic N) is 1. The van der Waals surface area contributed by atoms with Gasteiger partial charge in [-0.3, -0.25) is 14.6 Å². The summed E-state index contributed by atoms with van der Waals surface area (Å²) in [6, 6.07) is 1.09. The van der Waals surface area contributed by atoms with Crippen molar-refractivity contribution < 1.29 is 13.9 Å². The lowest BCUT2D eigenvalue weighted by Crippen LogP contribution is -2.29. The molecule has 0 aliphatic rings. The van der Waals surface area contributed by atoms with Gasteiger partial charge < -0.3 is 14.5 Å². The van der Waals surface area contributed by atoms with Crippen LogP contribution in [0.2, 0.25) is 0 Å². The lowest BCUT2D eigenvalue weighted by molar-refractivity contribution is -0.123. The highest BCUT2D eigenvalue weighted by Crippen LogP contribution is 2.13. The number of aromatic nitrogens is 2. The summed E-state index contributed by atoms with van der Waals surface area (Å²) in [6.07, 6.45) is 0.492. The molecule has 1 amide bonds. The van der Waals surface area contributed by atoms with Gasteiger partial charge in [-0.1, -0.05) is 6.92 Å². The van der Waals surface area contributed by atoms with Gasteiger partial charge in [0.25, 0.3) is 17.5 Å². The Morgan fingerprint density at radius 2 is 2.19 bits per heavy atom. The summed E-state index contributed by atoms with van der Waals surface area (Å²) in [6.45, 7) is 3.76. The fourth-order valence-corrected chi connectivity index (χ4v) is 1.86. The molecule has 21 heavy (non-hydrogen) atoms. The molecule has 112 valence electrons. The van der Waals surface area contributed by atoms with Crippen molar-refractivity contribution in [3.05, 3.63) is 32.4 Å². The van der Waals surface area contributed by atoms with E-state index in [2.05, 4.69) is 15.3 Å². The molecule has 2 rings (SSSR count). The van der Waals surface area contributed by atoms with Gasteiger partial charge in [0.2, 0.25) is 5.71 Å². The maximum atomic E-state index is 12.0. The molecular weight excluding hydrogens is 278 g/mol. The summed E-state index contributed by atoms with van der Waals surface area (Å²) in [5.41, 5.74) is -0.627. The SMILES string of the molecule is CCNC(=O)COc1nc2oc(=O)cc(CC)c2c(=O)[nH]1. The molecule has 0 unspecified atom stereocenters. The summed E-state index contributed by atoms with van der Waals surface area (Å²) in [5.74, 6) is -0.344. The third kappa shape index (κ3) is 3.28. The van der Waals surface area contributed by atoms with Crippen LogP contribution in [0, 0.1) is 0 Å². The van der Waals surface area contributed by atoms with Crippen LogP contribution in [0.4, 0.5) is 0 Å². The third-order valence-corrected chi connectivity index (χ3v) is 2.77. The Labute approximate surface area is 119 Å². The molecule has 0 saturated carbocycles. The summed E-state index contributed by atoms with van der Waals surface area (Å²) in [4.78, 5) is 41.1. The maximum Gasteiger partial charge on any atom is 0.337 e. The van der Waals surface area contributed by atoms with E-state index in [1.807, 2.05) is 6.92 Å². The molecule has 2 N–H and O–H groups in total. The second-order valence-corrected chi connectivity index (χ2v) is 4.24. The topological polar surface area (TPSA) is 114 Å². The molecule has 0 fully saturated rings. The zero-order chi connectivity index (χ0) is 15.4. The number of likely N-dealkylation sites (N-methyl/N-ethyl adjacent to an activating group) is 1. The summed E-state index contributed by atoms with van der Waals surface area (Å²) in [5, 5.41) is 2.75. The van der Waals surface area contributed by atoms with Gasteiger partial charge in [0, 0.05) is 12.6 Å². The fourth-order valence-electron chi connectivity index (χ4n) is 1.86. The van der Waals surface area contributed by atoms with Crippen molar-refractivity contribution in [3.8, 4) is 6.01 Å². The van der Waals surface area contributed by atoms with E-state index in [0.717, 1.165) is 0 Å². The molecule has 8 nitrogen and oxygen atoms in total. The molecule has 0 saturated heterocycles.